The van der Waals surface area contributed by atoms with E-state index in [1.54, 1.807) is 0 Å². The number of hydrogen-bond acceptors (Lipinski definition) is 5. The number of H-pyrrole nitrogens is 1. The van der Waals surface area contributed by atoms with Crippen molar-refractivity contribution >= 4 is 23.2 Å². The second kappa shape index (κ2) is 10.3. The van der Waals surface area contributed by atoms with Crippen molar-refractivity contribution in [2.24, 2.45) is 0 Å². The van der Waals surface area contributed by atoms with E-state index in [2.05, 4.69) is 20.0 Å². The molecule has 2 aromatic carbocycles. The van der Waals surface area contributed by atoms with E-state index in [-0.39, 0.29) is 35.6 Å². The van der Waals surface area contributed by atoms with Crippen molar-refractivity contribution in [2.75, 3.05) is 5.32 Å². The largest absolute Gasteiger partial charge is 0.573 e. The number of nitrogens with one attached hydrogen (secondary N) is 2. The van der Waals surface area contributed by atoms with Gasteiger partial charge >= 0.3 is 6.36 Å². The lowest BCUT2D eigenvalue weighted by Crippen LogP contribution is -2.17. The highest BCUT2D eigenvalue weighted by Gasteiger charge is 2.31. The van der Waals surface area contributed by atoms with E-state index < -0.39 is 29.6 Å². The summed E-state index contributed by atoms with van der Waals surface area (Å²) in [5, 5.41) is 2.61. The van der Waals surface area contributed by atoms with E-state index in [0.29, 0.717) is 23.7 Å². The molecule has 7 nitrogen and oxygen atoms in total. The lowest BCUT2D eigenvalue weighted by atomic mass is 10.0. The Bertz CT molecular complexity index is 1200. The maximum absolute atomic E-state index is 14.1. The number of halogens is 4. The van der Waals surface area contributed by atoms with Crippen LogP contribution in [0.3, 0.4) is 0 Å². The van der Waals surface area contributed by atoms with Crippen LogP contribution in [0, 0.1) is 5.82 Å². The zero-order valence-corrected chi connectivity index (χ0v) is 17.8. The number of aromatic nitrogens is 2. The number of hydrogen-bond donors (Lipinski definition) is 2. The fourth-order valence-electron chi connectivity index (χ4n) is 3.12. The van der Waals surface area contributed by atoms with Gasteiger partial charge in [-0.1, -0.05) is 19.1 Å². The van der Waals surface area contributed by atoms with Gasteiger partial charge in [-0.25, -0.2) is 9.37 Å². The van der Waals surface area contributed by atoms with Gasteiger partial charge in [0.2, 0.25) is 0 Å². The number of ether oxygens (including phenoxy) is 1. The van der Waals surface area contributed by atoms with E-state index in [1.165, 1.54) is 30.6 Å². The lowest BCUT2D eigenvalue weighted by Gasteiger charge is -2.10. The minimum atomic E-state index is -4.97. The fourth-order valence-corrected chi connectivity index (χ4v) is 3.12. The van der Waals surface area contributed by atoms with Gasteiger partial charge in [0.15, 0.2) is 11.6 Å². The van der Waals surface area contributed by atoms with Crippen molar-refractivity contribution in [2.45, 2.75) is 32.5 Å². The molecule has 11 heteroatoms. The monoisotopic (exact) mass is 477 g/mol. The van der Waals surface area contributed by atoms with Crippen LogP contribution >= 0.6 is 0 Å². The average Bonchev–Trinajstić information content (AvgIpc) is 3.24. The van der Waals surface area contributed by atoms with Crippen LogP contribution in [-0.2, 0) is 6.42 Å². The van der Waals surface area contributed by atoms with Gasteiger partial charge in [-0.15, -0.1) is 13.2 Å². The van der Waals surface area contributed by atoms with E-state index in [4.69, 9.17) is 0 Å². The Balaban J connectivity index is 1.64. The van der Waals surface area contributed by atoms with Crippen molar-refractivity contribution in [3.8, 4) is 5.75 Å². The molecule has 0 aliphatic heterocycles. The van der Waals surface area contributed by atoms with Crippen molar-refractivity contribution in [3.05, 3.63) is 77.1 Å². The Morgan fingerprint density at radius 2 is 1.76 bits per heavy atom. The number of alkyl halides is 3. The Hall–Kier alpha value is -4.02. The first-order valence-electron chi connectivity index (χ1n) is 10.1. The third kappa shape index (κ3) is 6.27. The number of Topliss-reactive ketones (excluding diaryl/α,β-unsaturated/α-hetero) is 2. The minimum Gasteiger partial charge on any atom is -0.406 e. The first kappa shape index (κ1) is 24.6. The highest BCUT2D eigenvalue weighted by molar-refractivity contribution is 6.10. The number of imidazole rings is 1. The molecule has 0 radical (unpaired) electrons. The van der Waals surface area contributed by atoms with Crippen molar-refractivity contribution in [3.63, 3.8) is 0 Å². The molecule has 3 aromatic rings. The second-order valence-corrected chi connectivity index (χ2v) is 7.24. The standard InChI is InChI=1S/C23H19F4N3O4/c1-2-3-18(31)20-21(29-12-28-20)22(33)30-14-6-4-13(5-7-14)10-19(32)16-9-8-15(11-17(16)24)34-23(25,26)27/h4-9,11-12H,2-3,10H2,1H3,(H,28,29)(H,30,33). The topological polar surface area (TPSA) is 101 Å². The molecule has 178 valence electrons. The first-order chi connectivity index (χ1) is 16.1. The van der Waals surface area contributed by atoms with E-state index in [1.807, 2.05) is 6.92 Å². The quantitative estimate of drug-likeness (QED) is 0.330. The summed E-state index contributed by atoms with van der Waals surface area (Å²) in [6, 6.07) is 8.37. The van der Waals surface area contributed by atoms with E-state index in [0.717, 1.165) is 12.1 Å². The van der Waals surface area contributed by atoms with E-state index in [9.17, 15) is 31.9 Å². The molecule has 1 aromatic heterocycles. The van der Waals surface area contributed by atoms with E-state index >= 15 is 0 Å². The van der Waals surface area contributed by atoms with Gasteiger partial charge in [0.05, 0.1) is 11.9 Å². The molecule has 3 rings (SSSR count). The third-order valence-corrected chi connectivity index (χ3v) is 4.66. The van der Waals surface area contributed by atoms with Gasteiger partial charge in [-0.05, 0) is 36.2 Å². The summed E-state index contributed by atoms with van der Waals surface area (Å²) in [6.07, 6.45) is -3.07. The van der Waals surface area contributed by atoms with Gasteiger partial charge in [-0.3, -0.25) is 14.4 Å². The van der Waals surface area contributed by atoms with Crippen LogP contribution in [0.2, 0.25) is 0 Å². The van der Waals surface area contributed by atoms with Gasteiger partial charge in [-0.2, -0.15) is 0 Å². The molecule has 0 aliphatic rings. The highest BCUT2D eigenvalue weighted by atomic mass is 19.4. The highest BCUT2D eigenvalue weighted by Crippen LogP contribution is 2.25. The van der Waals surface area contributed by atoms with Gasteiger partial charge in [0, 0.05) is 24.6 Å². The number of ketones is 2. The molecule has 0 fully saturated rings. The molecule has 0 bridgehead atoms. The zero-order chi connectivity index (χ0) is 24.9. The molecule has 0 saturated heterocycles. The first-order valence-corrected chi connectivity index (χ1v) is 10.1. The smallest absolute Gasteiger partial charge is 0.406 e. The molecular weight excluding hydrogens is 458 g/mol. The lowest BCUT2D eigenvalue weighted by molar-refractivity contribution is -0.274. The summed E-state index contributed by atoms with van der Waals surface area (Å²) in [5.41, 5.74) is 0.569. The molecule has 0 saturated carbocycles. The maximum Gasteiger partial charge on any atom is 0.573 e. The van der Waals surface area contributed by atoms with Gasteiger partial charge in [0.1, 0.15) is 23.0 Å². The third-order valence-electron chi connectivity index (χ3n) is 4.66. The maximum atomic E-state index is 14.1. The Labute approximate surface area is 191 Å². The summed E-state index contributed by atoms with van der Waals surface area (Å²) >= 11 is 0. The molecule has 1 amide bonds. The second-order valence-electron chi connectivity index (χ2n) is 7.24. The summed E-state index contributed by atoms with van der Waals surface area (Å²) < 4.78 is 54.5. The van der Waals surface area contributed by atoms with Crippen LogP contribution in [-0.4, -0.2) is 33.8 Å². The average molecular weight is 477 g/mol. The normalized spacial score (nSPS) is 11.2. The number of benzene rings is 2. The molecule has 0 atom stereocenters. The molecule has 2 N–H and O–H groups in total. The van der Waals surface area contributed by atoms with Crippen LogP contribution in [0.15, 0.2) is 48.8 Å². The summed E-state index contributed by atoms with van der Waals surface area (Å²) in [4.78, 5) is 43.5. The minimum absolute atomic E-state index is 0.0335. The van der Waals surface area contributed by atoms with Crippen LogP contribution in [0.4, 0.5) is 23.2 Å². The number of rotatable bonds is 9. The molecule has 0 unspecified atom stereocenters. The number of nitrogens with zero attached hydrogens (tertiary/aromatic N) is 1. The van der Waals surface area contributed by atoms with Crippen molar-refractivity contribution < 1.29 is 36.7 Å². The van der Waals surface area contributed by atoms with Crippen LogP contribution in [0.1, 0.15) is 56.7 Å². The van der Waals surface area contributed by atoms with Gasteiger partial charge in [0.25, 0.3) is 5.91 Å². The predicted molar refractivity (Wildman–Crippen MR) is 113 cm³/mol. The summed E-state index contributed by atoms with van der Waals surface area (Å²) in [5.74, 6) is -3.37. The zero-order valence-electron chi connectivity index (χ0n) is 17.8. The Morgan fingerprint density at radius 3 is 2.38 bits per heavy atom. The van der Waals surface area contributed by atoms with Crippen LogP contribution < -0.4 is 10.1 Å². The molecule has 34 heavy (non-hydrogen) atoms. The number of carbonyl (C=O) groups excluding carboxylic acids is 3. The fraction of sp³-hybridized carbons (Fsp3) is 0.217. The molecular formula is C23H19F4N3O4. The van der Waals surface area contributed by atoms with Crippen molar-refractivity contribution in [1.82, 2.24) is 9.97 Å². The molecule has 1 heterocycles. The van der Waals surface area contributed by atoms with Gasteiger partial charge < -0.3 is 15.0 Å². The van der Waals surface area contributed by atoms with Crippen LogP contribution in [0.25, 0.3) is 0 Å². The Kier molecular flexibility index (Phi) is 7.44. The summed E-state index contributed by atoms with van der Waals surface area (Å²) in [6.45, 7) is 1.84. The van der Waals surface area contributed by atoms with Crippen molar-refractivity contribution in [1.29, 1.82) is 0 Å². The number of carbonyl (C=O) groups is 3. The SMILES string of the molecule is CCCC(=O)c1nc[nH]c1C(=O)Nc1ccc(CC(=O)c2ccc(OC(F)(F)F)cc2F)cc1. The summed E-state index contributed by atoms with van der Waals surface area (Å²) in [7, 11) is 0. The number of anilines is 1. The molecule has 0 spiro atoms. The number of aromatic amines is 1. The van der Waals surface area contributed by atoms with Crippen LogP contribution in [0.5, 0.6) is 5.75 Å². The molecule has 0 aliphatic carbocycles. The Morgan fingerprint density at radius 1 is 1.06 bits per heavy atom. The number of amides is 1. The predicted octanol–water partition coefficient (Wildman–Crippen LogP) is 5.11.